The van der Waals surface area contributed by atoms with Gasteiger partial charge in [0.1, 0.15) is 17.3 Å². The average Bonchev–Trinajstić information content (AvgIpc) is 2.26. The summed E-state index contributed by atoms with van der Waals surface area (Å²) in [5.74, 6) is 0.0320. The third-order valence-electron chi connectivity index (χ3n) is 2.83. The van der Waals surface area contributed by atoms with Gasteiger partial charge in [-0.1, -0.05) is 13.8 Å². The Morgan fingerprint density at radius 1 is 1.16 bits per heavy atom. The molecule has 0 aliphatic rings. The molecule has 0 amide bonds. The van der Waals surface area contributed by atoms with Crippen LogP contribution in [-0.2, 0) is 14.9 Å². The first-order valence-corrected chi connectivity index (χ1v) is 6.60. The summed E-state index contributed by atoms with van der Waals surface area (Å²) in [5.41, 5.74) is 0.351. The van der Waals surface area contributed by atoms with E-state index in [2.05, 4.69) is 23.8 Å². The van der Waals surface area contributed by atoms with Crippen LogP contribution in [0.2, 0.25) is 0 Å². The predicted molar refractivity (Wildman–Crippen MR) is 75.0 cm³/mol. The van der Waals surface area contributed by atoms with Crippen LogP contribution in [-0.4, -0.2) is 21.5 Å². The molecule has 1 aromatic rings. The van der Waals surface area contributed by atoms with E-state index in [1.165, 1.54) is 6.33 Å². The lowest BCUT2D eigenvalue weighted by atomic mass is 9.88. The van der Waals surface area contributed by atoms with E-state index in [1.807, 2.05) is 40.7 Å². The van der Waals surface area contributed by atoms with Crippen LogP contribution in [0.3, 0.4) is 0 Å². The fraction of sp³-hybridized carbons (Fsp3) is 0.667. The van der Waals surface area contributed by atoms with E-state index in [9.17, 15) is 4.79 Å². The van der Waals surface area contributed by atoms with Crippen molar-refractivity contribution in [3.63, 3.8) is 0 Å². The third-order valence-corrected chi connectivity index (χ3v) is 2.83. The van der Waals surface area contributed by atoms with Crippen molar-refractivity contribution in [2.24, 2.45) is 0 Å². The summed E-state index contributed by atoms with van der Waals surface area (Å²) >= 11 is 0. The Morgan fingerprint density at radius 3 is 2.21 bits per heavy atom. The van der Waals surface area contributed by atoms with Gasteiger partial charge in [-0.3, -0.25) is 4.79 Å². The summed E-state index contributed by atoms with van der Waals surface area (Å²) in [7, 11) is 0. The molecule has 0 bridgehead atoms. The van der Waals surface area contributed by atoms with E-state index >= 15 is 0 Å². The zero-order valence-electron chi connectivity index (χ0n) is 12.9. The number of nitrogens with zero attached hydrogens (tertiary/aromatic N) is 2. The zero-order valence-corrected chi connectivity index (χ0v) is 12.9. The topological polar surface area (TPSA) is 52.1 Å². The van der Waals surface area contributed by atoms with Crippen LogP contribution < -0.4 is 0 Å². The average molecular weight is 264 g/mol. The van der Waals surface area contributed by atoms with Crippen molar-refractivity contribution in [2.75, 3.05) is 0 Å². The van der Waals surface area contributed by atoms with Crippen molar-refractivity contribution in [2.45, 2.75) is 65.4 Å². The molecule has 1 aromatic heterocycles. The number of aromatic nitrogens is 2. The molecule has 0 N–H and O–H groups in total. The van der Waals surface area contributed by atoms with Gasteiger partial charge in [0.15, 0.2) is 0 Å². The molecule has 4 nitrogen and oxygen atoms in total. The summed E-state index contributed by atoms with van der Waals surface area (Å²) in [6, 6.07) is 1.88. The fourth-order valence-corrected chi connectivity index (χ4v) is 1.54. The van der Waals surface area contributed by atoms with E-state index in [4.69, 9.17) is 4.74 Å². The van der Waals surface area contributed by atoms with Crippen LogP contribution in [0, 0.1) is 0 Å². The number of ether oxygens (including phenoxy) is 1. The van der Waals surface area contributed by atoms with Crippen LogP contribution >= 0.6 is 0 Å². The quantitative estimate of drug-likeness (QED) is 0.787. The molecule has 1 heterocycles. The van der Waals surface area contributed by atoms with Crippen molar-refractivity contribution in [1.82, 2.24) is 9.97 Å². The van der Waals surface area contributed by atoms with Gasteiger partial charge in [0.25, 0.3) is 0 Å². The van der Waals surface area contributed by atoms with Crippen molar-refractivity contribution in [3.8, 4) is 0 Å². The molecule has 1 rings (SSSR count). The minimum atomic E-state index is -0.778. The molecule has 4 heteroatoms. The largest absolute Gasteiger partial charge is 0.459 e. The predicted octanol–water partition coefficient (Wildman–Crippen LogP) is 3.22. The Kier molecular flexibility index (Phi) is 4.33. The van der Waals surface area contributed by atoms with E-state index in [0.29, 0.717) is 11.6 Å². The summed E-state index contributed by atoms with van der Waals surface area (Å²) < 4.78 is 5.46. The van der Waals surface area contributed by atoms with Crippen LogP contribution in [0.5, 0.6) is 0 Å². The maximum Gasteiger partial charge on any atom is 0.318 e. The standard InChI is InChI=1S/C15H24N2O2/c1-10(2)11-8-12(17-9-16-11)15(6,7)13(18)19-14(3,4)5/h8-10H,1-7H3. The highest BCUT2D eigenvalue weighted by Crippen LogP contribution is 2.26. The minimum Gasteiger partial charge on any atom is -0.459 e. The molecule has 0 aromatic carbocycles. The molecule has 0 saturated carbocycles. The molecule has 0 unspecified atom stereocenters. The lowest BCUT2D eigenvalue weighted by Gasteiger charge is -2.28. The summed E-state index contributed by atoms with van der Waals surface area (Å²) in [6.45, 7) is 13.4. The van der Waals surface area contributed by atoms with E-state index in [0.717, 1.165) is 5.69 Å². The molecule has 0 saturated heterocycles. The zero-order chi connectivity index (χ0) is 14.8. The Hall–Kier alpha value is -1.45. The molecule has 0 fully saturated rings. The van der Waals surface area contributed by atoms with Gasteiger partial charge in [0, 0.05) is 5.69 Å². The lowest BCUT2D eigenvalue weighted by Crippen LogP contribution is -2.37. The lowest BCUT2D eigenvalue weighted by molar-refractivity contribution is -0.161. The van der Waals surface area contributed by atoms with Crippen molar-refractivity contribution in [3.05, 3.63) is 23.8 Å². The molecule has 0 radical (unpaired) electrons. The number of hydrogen-bond acceptors (Lipinski definition) is 4. The van der Waals surface area contributed by atoms with Crippen LogP contribution in [0.15, 0.2) is 12.4 Å². The van der Waals surface area contributed by atoms with Gasteiger partial charge in [-0.25, -0.2) is 9.97 Å². The Morgan fingerprint density at radius 2 is 1.74 bits per heavy atom. The van der Waals surface area contributed by atoms with E-state index < -0.39 is 11.0 Å². The number of hydrogen-bond donors (Lipinski definition) is 0. The Balaban J connectivity index is 3.05. The van der Waals surface area contributed by atoms with Crippen LogP contribution in [0.25, 0.3) is 0 Å². The number of rotatable bonds is 3. The van der Waals surface area contributed by atoms with Gasteiger partial charge in [-0.2, -0.15) is 0 Å². The number of carbonyl (C=O) groups is 1. The highest BCUT2D eigenvalue weighted by atomic mass is 16.6. The molecule has 0 aliphatic heterocycles. The first kappa shape index (κ1) is 15.6. The number of esters is 1. The maximum absolute atomic E-state index is 12.3. The molecule has 0 aliphatic carbocycles. The normalized spacial score (nSPS) is 12.6. The first-order chi connectivity index (χ1) is 8.54. The third kappa shape index (κ3) is 4.01. The van der Waals surface area contributed by atoms with Crippen LogP contribution in [0.1, 0.15) is 65.8 Å². The smallest absolute Gasteiger partial charge is 0.318 e. The molecule has 0 spiro atoms. The van der Waals surface area contributed by atoms with Crippen molar-refractivity contribution < 1.29 is 9.53 Å². The second kappa shape index (κ2) is 5.27. The first-order valence-electron chi connectivity index (χ1n) is 6.60. The van der Waals surface area contributed by atoms with Gasteiger partial charge in [0.05, 0.1) is 5.69 Å². The van der Waals surface area contributed by atoms with Gasteiger partial charge < -0.3 is 4.74 Å². The van der Waals surface area contributed by atoms with Gasteiger partial charge in [-0.15, -0.1) is 0 Å². The fourth-order valence-electron chi connectivity index (χ4n) is 1.54. The van der Waals surface area contributed by atoms with Gasteiger partial charge in [0.2, 0.25) is 0 Å². The van der Waals surface area contributed by atoms with Gasteiger partial charge >= 0.3 is 5.97 Å². The maximum atomic E-state index is 12.3. The second-order valence-electron chi connectivity index (χ2n) is 6.61. The second-order valence-corrected chi connectivity index (χ2v) is 6.61. The monoisotopic (exact) mass is 264 g/mol. The molecule has 0 atom stereocenters. The summed E-state index contributed by atoms with van der Waals surface area (Å²) in [6.07, 6.45) is 1.51. The SMILES string of the molecule is CC(C)c1cc(C(C)(C)C(=O)OC(C)(C)C)ncn1. The molecular formula is C15H24N2O2. The van der Waals surface area contributed by atoms with Gasteiger partial charge in [-0.05, 0) is 46.6 Å². The highest BCUT2D eigenvalue weighted by molar-refractivity contribution is 5.81. The van der Waals surface area contributed by atoms with E-state index in [1.54, 1.807) is 0 Å². The molecule has 19 heavy (non-hydrogen) atoms. The van der Waals surface area contributed by atoms with E-state index in [-0.39, 0.29) is 5.97 Å². The minimum absolute atomic E-state index is 0.270. The van der Waals surface area contributed by atoms with Crippen molar-refractivity contribution >= 4 is 5.97 Å². The van der Waals surface area contributed by atoms with Crippen LogP contribution in [0.4, 0.5) is 0 Å². The number of carbonyl (C=O) groups excluding carboxylic acids is 1. The summed E-state index contributed by atoms with van der Waals surface area (Å²) in [4.78, 5) is 20.7. The summed E-state index contributed by atoms with van der Waals surface area (Å²) in [5, 5.41) is 0. The Labute approximate surface area is 115 Å². The molecule has 106 valence electrons. The van der Waals surface area contributed by atoms with Crippen molar-refractivity contribution in [1.29, 1.82) is 0 Å². The Bertz CT molecular complexity index is 459. The highest BCUT2D eigenvalue weighted by Gasteiger charge is 2.35. The molecular weight excluding hydrogens is 240 g/mol.